The predicted molar refractivity (Wildman–Crippen MR) is 353 cm³/mol. The van der Waals surface area contributed by atoms with Crippen molar-refractivity contribution in [2.75, 3.05) is 19.6 Å². The molecule has 3 aromatic carbocycles. The molecule has 0 aromatic heterocycles. The smallest absolute Gasteiger partial charge is 0.322 e. The number of hydrogen-bond acceptors (Lipinski definition) is 15. The molecule has 0 saturated heterocycles. The number of carboxylic acids is 4. The first-order chi connectivity index (χ1) is 46.4. The molecule has 15 N–H and O–H groups in total. The number of benzene rings is 3. The molecule has 0 aliphatic carbocycles. The Balaban J connectivity index is 1.94. The van der Waals surface area contributed by atoms with E-state index in [0.29, 0.717) is 48.9 Å². The number of carboxylic acid groups (broad SMARTS) is 4. The number of unbranched alkanes of at least 4 members (excludes halogenated alkanes) is 9. The second kappa shape index (κ2) is 46.2. The van der Waals surface area contributed by atoms with E-state index in [1.54, 1.807) is 60.7 Å². The zero-order valence-electron chi connectivity index (χ0n) is 55.2. The molecule has 0 radical (unpaired) electrons. The lowest BCUT2D eigenvalue weighted by atomic mass is 10.0. The van der Waals surface area contributed by atoms with Gasteiger partial charge in [0.1, 0.15) is 54.6 Å². The number of hydrogen-bond donors (Lipinski definition) is 15. The predicted octanol–water partition coefficient (Wildman–Crippen LogP) is 2.73. The number of aliphatic carboxylic acids is 4. The molecule has 3 rings (SSSR count). The van der Waals surface area contributed by atoms with Gasteiger partial charge < -0.3 is 78.7 Å². The van der Waals surface area contributed by atoms with E-state index < -0.39 is 165 Å². The topological polar surface area (TPSA) is 460 Å². The Morgan fingerprint density at radius 1 is 0.309 bits per heavy atom. The van der Waals surface area contributed by atoms with Crippen LogP contribution in [0.25, 0.3) is 0 Å². The fraction of sp³-hybridized carbons (Fsp3) is 0.529. The quantitative estimate of drug-likeness (QED) is 0.0361. The molecular weight excluding hydrogens is 1260 g/mol. The molecule has 0 heterocycles. The molecule has 0 fully saturated rings. The van der Waals surface area contributed by atoms with Crippen LogP contribution in [0, 0.1) is 0 Å². The summed E-state index contributed by atoms with van der Waals surface area (Å²) >= 11 is 0. The first-order valence-electron chi connectivity index (χ1n) is 33.0. The number of phenolic OH excluding ortho intramolecular Hbond substituents is 1. The highest BCUT2D eigenvalue weighted by molar-refractivity contribution is 5.98. The van der Waals surface area contributed by atoms with E-state index in [1.807, 2.05) is 5.32 Å². The third-order valence-electron chi connectivity index (χ3n) is 15.4. The van der Waals surface area contributed by atoms with Crippen LogP contribution in [-0.2, 0) is 86.4 Å². The molecule has 0 unspecified atom stereocenters. The molecule has 0 spiro atoms. The summed E-state index contributed by atoms with van der Waals surface area (Å²) < 4.78 is 0. The van der Waals surface area contributed by atoms with Gasteiger partial charge in [0.15, 0.2) is 0 Å². The summed E-state index contributed by atoms with van der Waals surface area (Å²) in [6, 6.07) is 11.9. The van der Waals surface area contributed by atoms with Crippen molar-refractivity contribution >= 4 is 82.9 Å². The van der Waals surface area contributed by atoms with Gasteiger partial charge in [-0.1, -0.05) is 138 Å². The average molecular weight is 1360 g/mol. The zero-order chi connectivity index (χ0) is 71.5. The standard InChI is InChI=1S/C68H96N10O19/c1-3-5-7-9-17-26-55(80)69-38-20-19-25-48(72-56(81)27-18-10-8-6-4-2)64(93)77-53(39-44-21-13-11-14-22-44)68(97)78-54(40-45-23-15-12-16-24-45)67(96)76-52(41-46-28-30-47(79)31-29-46)63(92)70-42-57(82)73-50(33-36-59(85)86)65(94)75-51(34-37-60(87)88)66(95)74-49(32-35-58(83)84)62(91)71-43-61(89)90/h11-16,21-24,28-31,48-54,79H,3-10,17-20,25-27,32-43H2,1-2H3,(H,69,80)(H,70,92)(H,71,91)(H,72,81)(H,73,82)(H,74,95)(H,75,94)(H,76,96)(H,77,93)(H,78,97)(H,83,84)(H,85,86)(H,87,88)(H,89,90)/t48-,49-,50-,51-,52-,53-,54-/m0/s1. The Kier molecular flexibility index (Phi) is 38.7. The first kappa shape index (κ1) is 81.3. The van der Waals surface area contributed by atoms with Crippen molar-refractivity contribution in [3.63, 3.8) is 0 Å². The number of nitrogens with one attached hydrogen (secondary N) is 10. The van der Waals surface area contributed by atoms with E-state index in [1.165, 1.54) is 24.3 Å². The molecule has 3 aromatic rings. The molecule has 97 heavy (non-hydrogen) atoms. The van der Waals surface area contributed by atoms with Gasteiger partial charge in [0.2, 0.25) is 59.1 Å². The summed E-state index contributed by atoms with van der Waals surface area (Å²) in [5, 5.41) is 72.5. The fourth-order valence-corrected chi connectivity index (χ4v) is 10.1. The zero-order valence-corrected chi connectivity index (χ0v) is 55.2. The summed E-state index contributed by atoms with van der Waals surface area (Å²) in [5.41, 5.74) is 1.56. The van der Waals surface area contributed by atoms with E-state index in [9.17, 15) is 87.5 Å². The molecule has 0 bridgehead atoms. The maximum Gasteiger partial charge on any atom is 0.322 e. The maximum absolute atomic E-state index is 14.9. The van der Waals surface area contributed by atoms with Crippen LogP contribution < -0.4 is 53.2 Å². The normalized spacial score (nSPS) is 13.0. The van der Waals surface area contributed by atoms with Crippen LogP contribution in [0.15, 0.2) is 84.9 Å². The SMILES string of the molecule is CCCCCCCC(=O)NCCCC[C@H](NC(=O)CCCCCCC)C(=O)N[C@@H](Cc1ccccc1)C(=O)N[C@@H](Cc1ccccc1)C(=O)N[C@@H](Cc1ccc(O)cc1)C(=O)NCC(=O)N[C@@H](CCC(=O)O)C(=O)N[C@@H](CCC(=O)O)C(=O)N[C@@H](CCC(=O)O)C(=O)NCC(=O)O. The fourth-order valence-electron chi connectivity index (χ4n) is 10.1. The van der Waals surface area contributed by atoms with Crippen LogP contribution in [0.3, 0.4) is 0 Å². The third kappa shape index (κ3) is 35.4. The Morgan fingerprint density at radius 2 is 0.660 bits per heavy atom. The molecular formula is C68H96N10O19. The van der Waals surface area contributed by atoms with Crippen LogP contribution in [0.1, 0.15) is 165 Å². The molecule has 29 nitrogen and oxygen atoms in total. The molecule has 0 saturated carbocycles. The lowest BCUT2D eigenvalue weighted by Crippen LogP contribution is -2.59. The third-order valence-corrected chi connectivity index (χ3v) is 15.4. The second-order valence-corrected chi connectivity index (χ2v) is 23.6. The first-order valence-corrected chi connectivity index (χ1v) is 33.0. The lowest BCUT2D eigenvalue weighted by Gasteiger charge is -2.27. The van der Waals surface area contributed by atoms with Crippen molar-refractivity contribution in [2.45, 2.75) is 210 Å². The largest absolute Gasteiger partial charge is 0.508 e. The Hall–Kier alpha value is -9.96. The lowest BCUT2D eigenvalue weighted by molar-refractivity contribution is -0.141. The van der Waals surface area contributed by atoms with E-state index in [0.717, 1.165) is 57.8 Å². The number of carbonyl (C=O) groups is 14. The molecule has 0 aliphatic rings. The number of amides is 10. The van der Waals surface area contributed by atoms with Crippen molar-refractivity contribution in [3.05, 3.63) is 102 Å². The maximum atomic E-state index is 14.9. The minimum absolute atomic E-state index is 0.0723. The number of phenols is 1. The highest BCUT2D eigenvalue weighted by Gasteiger charge is 2.34. The summed E-state index contributed by atoms with van der Waals surface area (Å²) in [5.74, 6) is -14.5. The molecule has 29 heteroatoms. The Bertz CT molecular complexity index is 3050. The van der Waals surface area contributed by atoms with Crippen molar-refractivity contribution in [2.24, 2.45) is 0 Å². The van der Waals surface area contributed by atoms with Crippen LogP contribution in [0.5, 0.6) is 5.75 Å². The molecule has 7 atom stereocenters. The van der Waals surface area contributed by atoms with Crippen LogP contribution in [0.4, 0.5) is 0 Å². The summed E-state index contributed by atoms with van der Waals surface area (Å²) in [7, 11) is 0. The summed E-state index contributed by atoms with van der Waals surface area (Å²) in [6.07, 6.45) is 6.32. The van der Waals surface area contributed by atoms with Crippen molar-refractivity contribution in [1.29, 1.82) is 0 Å². The van der Waals surface area contributed by atoms with Crippen molar-refractivity contribution in [1.82, 2.24) is 53.2 Å². The van der Waals surface area contributed by atoms with Gasteiger partial charge in [-0.05, 0) is 80.2 Å². The van der Waals surface area contributed by atoms with E-state index >= 15 is 0 Å². The van der Waals surface area contributed by atoms with Gasteiger partial charge in [0, 0.05) is 57.9 Å². The van der Waals surface area contributed by atoms with Gasteiger partial charge in [0.25, 0.3) is 0 Å². The monoisotopic (exact) mass is 1360 g/mol. The van der Waals surface area contributed by atoms with Gasteiger partial charge in [-0.25, -0.2) is 0 Å². The Labute approximate surface area is 564 Å². The second-order valence-electron chi connectivity index (χ2n) is 23.6. The molecule has 532 valence electrons. The van der Waals surface area contributed by atoms with Crippen LogP contribution >= 0.6 is 0 Å². The van der Waals surface area contributed by atoms with E-state index in [-0.39, 0.29) is 49.7 Å². The average Bonchev–Trinajstić information content (AvgIpc) is 0.899. The van der Waals surface area contributed by atoms with E-state index in [4.69, 9.17) is 5.11 Å². The van der Waals surface area contributed by atoms with E-state index in [2.05, 4.69) is 61.7 Å². The van der Waals surface area contributed by atoms with Crippen LogP contribution in [0.2, 0.25) is 0 Å². The summed E-state index contributed by atoms with van der Waals surface area (Å²) in [4.78, 5) is 184. The van der Waals surface area contributed by atoms with Crippen molar-refractivity contribution < 1.29 is 92.7 Å². The van der Waals surface area contributed by atoms with Crippen LogP contribution in [-0.4, -0.2) is 170 Å². The van der Waals surface area contributed by atoms with Crippen molar-refractivity contribution in [3.8, 4) is 5.75 Å². The van der Waals surface area contributed by atoms with Gasteiger partial charge in [-0.3, -0.25) is 67.1 Å². The number of aromatic hydroxyl groups is 1. The molecule has 10 amide bonds. The van der Waals surface area contributed by atoms with Gasteiger partial charge in [-0.2, -0.15) is 0 Å². The highest BCUT2D eigenvalue weighted by Crippen LogP contribution is 2.15. The van der Waals surface area contributed by atoms with Gasteiger partial charge in [-0.15, -0.1) is 0 Å². The van der Waals surface area contributed by atoms with Gasteiger partial charge >= 0.3 is 23.9 Å². The number of carbonyl (C=O) groups excluding carboxylic acids is 10. The highest BCUT2D eigenvalue weighted by atomic mass is 16.4. The van der Waals surface area contributed by atoms with Gasteiger partial charge in [0.05, 0.1) is 6.54 Å². The summed E-state index contributed by atoms with van der Waals surface area (Å²) in [6.45, 7) is 2.67. The minimum atomic E-state index is -1.83. The Morgan fingerprint density at radius 3 is 1.10 bits per heavy atom. The minimum Gasteiger partial charge on any atom is -0.508 e. The molecule has 0 aliphatic heterocycles. The number of rotatable bonds is 50.